The number of hydrogen-bond acceptors (Lipinski definition) is 10. The average Bonchev–Trinajstić information content (AvgIpc) is 3.69. The third-order valence-electron chi connectivity index (χ3n) is 12.0. The summed E-state index contributed by atoms with van der Waals surface area (Å²) in [6.07, 6.45) is 12.3. The number of anilines is 3. The van der Waals surface area contributed by atoms with E-state index in [2.05, 4.69) is 43.8 Å². The second-order valence-electron chi connectivity index (χ2n) is 16.3. The molecule has 0 bridgehead atoms. The van der Waals surface area contributed by atoms with E-state index in [0.29, 0.717) is 42.9 Å². The van der Waals surface area contributed by atoms with Gasteiger partial charge < -0.3 is 19.7 Å². The Bertz CT molecular complexity index is 2760. The van der Waals surface area contributed by atoms with Gasteiger partial charge in [-0.3, -0.25) is 24.5 Å². The van der Waals surface area contributed by atoms with E-state index >= 15 is 0 Å². The van der Waals surface area contributed by atoms with Gasteiger partial charge >= 0.3 is 0 Å². The minimum atomic E-state index is -3.29. The molecule has 5 heterocycles. The first kappa shape index (κ1) is 42.3. The third kappa shape index (κ3) is 9.73. The van der Waals surface area contributed by atoms with Gasteiger partial charge in [-0.15, -0.1) is 5.10 Å². The van der Waals surface area contributed by atoms with E-state index in [9.17, 15) is 27.6 Å². The average molecular weight is 857 g/mol. The summed E-state index contributed by atoms with van der Waals surface area (Å²) in [7, 11) is -3.29. The number of aromatic nitrogens is 4. The van der Waals surface area contributed by atoms with Gasteiger partial charge in [-0.25, -0.2) is 12.9 Å². The number of aryl methyl sites for hydroxylation is 1. The number of imide groups is 1. The van der Waals surface area contributed by atoms with Crippen molar-refractivity contribution in [2.45, 2.75) is 81.6 Å². The zero-order chi connectivity index (χ0) is 43.2. The topological polar surface area (TPSA) is 168 Å². The van der Waals surface area contributed by atoms with Crippen LogP contribution in [0.4, 0.5) is 17.3 Å². The van der Waals surface area contributed by atoms with Crippen LogP contribution in [0.1, 0.15) is 75.8 Å². The highest BCUT2D eigenvalue weighted by Crippen LogP contribution is 2.26. The van der Waals surface area contributed by atoms with Crippen LogP contribution in [-0.2, 0) is 30.6 Å². The molecule has 8 rings (SSSR count). The zero-order valence-corrected chi connectivity index (χ0v) is 35.8. The molecule has 2 N–H and O–H groups in total. The van der Waals surface area contributed by atoms with Gasteiger partial charge in [0.1, 0.15) is 6.04 Å². The van der Waals surface area contributed by atoms with Crippen LogP contribution in [0.2, 0.25) is 0 Å². The fraction of sp³-hybridized carbons (Fsp3) is 0.362. The molecular weight excluding hydrogens is 805 g/mol. The highest BCUT2D eigenvalue weighted by Gasteiger charge is 2.29. The van der Waals surface area contributed by atoms with Gasteiger partial charge in [0.2, 0.25) is 23.7 Å². The van der Waals surface area contributed by atoms with Gasteiger partial charge in [0, 0.05) is 73.8 Å². The van der Waals surface area contributed by atoms with Crippen molar-refractivity contribution < 1.29 is 22.8 Å². The number of piperidine rings is 1. The van der Waals surface area contributed by atoms with Crippen molar-refractivity contribution in [2.75, 3.05) is 42.7 Å². The Kier molecular flexibility index (Phi) is 12.8. The Hall–Kier alpha value is -6.35. The van der Waals surface area contributed by atoms with Crippen molar-refractivity contribution in [3.63, 3.8) is 0 Å². The molecule has 2 aliphatic heterocycles. The van der Waals surface area contributed by atoms with Crippen molar-refractivity contribution in [3.8, 4) is 11.3 Å². The molecule has 62 heavy (non-hydrogen) atoms. The molecule has 2 aliphatic rings. The molecule has 3 amide bonds. The molecule has 0 aliphatic carbocycles. The monoisotopic (exact) mass is 856 g/mol. The second kappa shape index (κ2) is 18.7. The van der Waals surface area contributed by atoms with E-state index in [0.717, 1.165) is 98.0 Å². The molecule has 322 valence electrons. The predicted octanol–water partition coefficient (Wildman–Crippen LogP) is 6.85. The molecule has 3 aromatic heterocycles. The molecule has 0 spiro atoms. The highest BCUT2D eigenvalue weighted by atomic mass is 32.2. The number of amides is 3. The maximum absolute atomic E-state index is 13.3. The minimum absolute atomic E-state index is 0.201. The number of sulfone groups is 1. The quantitative estimate of drug-likeness (QED) is 0.0777. The lowest BCUT2D eigenvalue weighted by atomic mass is 9.99. The van der Waals surface area contributed by atoms with Gasteiger partial charge in [0.25, 0.3) is 5.56 Å². The van der Waals surface area contributed by atoms with Gasteiger partial charge in [0.15, 0.2) is 15.5 Å². The maximum Gasteiger partial charge on any atom is 0.259 e. The van der Waals surface area contributed by atoms with Crippen LogP contribution in [0.25, 0.3) is 27.7 Å². The van der Waals surface area contributed by atoms with Gasteiger partial charge in [-0.2, -0.15) is 4.98 Å². The number of carbonyl (C=O) groups excluding carboxylic acids is 3. The maximum atomic E-state index is 13.3. The lowest BCUT2D eigenvalue weighted by Crippen LogP contribution is -2.48. The fourth-order valence-electron chi connectivity index (χ4n) is 8.55. The Balaban J connectivity index is 0.721. The molecule has 3 aromatic carbocycles. The first-order valence-electron chi connectivity index (χ1n) is 21.5. The summed E-state index contributed by atoms with van der Waals surface area (Å²) in [5.74, 6) is -0.0396. The van der Waals surface area contributed by atoms with Crippen LogP contribution in [0.5, 0.6) is 0 Å². The van der Waals surface area contributed by atoms with E-state index in [-0.39, 0.29) is 28.7 Å². The van der Waals surface area contributed by atoms with Crippen molar-refractivity contribution in [1.82, 2.24) is 29.4 Å². The molecule has 14 nitrogen and oxygen atoms in total. The molecule has 0 radical (unpaired) electrons. The number of pyridine rings is 2. The molecular formula is C47H52N8O6S. The van der Waals surface area contributed by atoms with Crippen molar-refractivity contribution in [3.05, 3.63) is 113 Å². The number of fused-ring (bicyclic) bond motifs is 2. The van der Waals surface area contributed by atoms with Crippen LogP contribution in [0.3, 0.4) is 0 Å². The van der Waals surface area contributed by atoms with Crippen LogP contribution in [-0.4, -0.2) is 82.6 Å². The van der Waals surface area contributed by atoms with E-state index < -0.39 is 21.8 Å². The first-order chi connectivity index (χ1) is 30.0. The summed E-state index contributed by atoms with van der Waals surface area (Å²) in [5, 5.41) is 11.8. The number of carbonyl (C=O) groups is 3. The van der Waals surface area contributed by atoms with Crippen LogP contribution >= 0.6 is 0 Å². The van der Waals surface area contributed by atoms with E-state index in [1.165, 1.54) is 10.8 Å². The predicted molar refractivity (Wildman–Crippen MR) is 240 cm³/mol. The summed E-state index contributed by atoms with van der Waals surface area (Å²) in [6.45, 7) is 2.96. The molecule has 6 aromatic rings. The van der Waals surface area contributed by atoms with Crippen molar-refractivity contribution in [1.29, 1.82) is 0 Å². The third-order valence-corrected chi connectivity index (χ3v) is 13.1. The minimum Gasteiger partial charge on any atom is -0.368 e. The molecule has 1 unspecified atom stereocenters. The van der Waals surface area contributed by atoms with Crippen molar-refractivity contribution in [2.24, 2.45) is 0 Å². The normalized spacial score (nSPS) is 15.9. The molecule has 1 atom stereocenters. The summed E-state index contributed by atoms with van der Waals surface area (Å²) < 4.78 is 27.0. The number of nitrogens with one attached hydrogen (secondary N) is 2. The Labute approximate surface area is 360 Å². The zero-order valence-electron chi connectivity index (χ0n) is 35.0. The van der Waals surface area contributed by atoms with Crippen LogP contribution < -0.4 is 21.1 Å². The summed E-state index contributed by atoms with van der Waals surface area (Å²) >= 11 is 0. The smallest absolute Gasteiger partial charge is 0.259 e. The molecule has 2 fully saturated rings. The van der Waals surface area contributed by atoms with E-state index in [1.807, 2.05) is 53.4 Å². The van der Waals surface area contributed by atoms with Gasteiger partial charge in [-0.05, 0) is 97.3 Å². The van der Waals surface area contributed by atoms with Gasteiger partial charge in [-0.1, -0.05) is 62.4 Å². The number of benzene rings is 3. The number of rotatable bonds is 16. The summed E-state index contributed by atoms with van der Waals surface area (Å²) in [6, 6.07) is 27.6. The highest BCUT2D eigenvalue weighted by molar-refractivity contribution is 7.90. The standard InChI is InChI=1S/C47H52N8O6S/c1-62(60,61)37-23-17-34(18-24-37)40-14-10-15-42-49-47(51-55(40)42)48-35-19-21-36(22-20-35)52-29-31-53(32-30-52)44(57)16-8-6-4-2-3-5-7-11-33-12-9-13-39-38(33)27-28-54(46(39)59)41-25-26-43(56)50-45(41)58/h9-10,12-15,17-24,27-28,41H,2-8,11,16,25-26,29-32H2,1H3,(H,48,51)(H,50,56,58). The van der Waals surface area contributed by atoms with Crippen molar-refractivity contribution >= 4 is 61.3 Å². The Morgan fingerprint density at radius 2 is 1.50 bits per heavy atom. The summed E-state index contributed by atoms with van der Waals surface area (Å²) in [5.41, 5.74) is 5.16. The molecule has 15 heteroatoms. The van der Waals surface area contributed by atoms with E-state index in [4.69, 9.17) is 0 Å². The number of hydrogen-bond donors (Lipinski definition) is 2. The SMILES string of the molecule is CS(=O)(=O)c1ccc(-c2cccc3nc(Nc4ccc(N5CCN(C(=O)CCCCCCCCCc6cccc7c(=O)n(C8CCC(=O)NC8=O)ccc67)CC5)cc4)nn23)cc1. The second-order valence-corrected chi connectivity index (χ2v) is 18.3. The largest absolute Gasteiger partial charge is 0.368 e. The Morgan fingerprint density at radius 1 is 0.790 bits per heavy atom. The lowest BCUT2D eigenvalue weighted by molar-refractivity contribution is -0.136. The summed E-state index contributed by atoms with van der Waals surface area (Å²) in [4.78, 5) is 59.5. The molecule has 2 saturated heterocycles. The van der Waals surface area contributed by atoms with Gasteiger partial charge in [0.05, 0.1) is 10.6 Å². The number of piperazine rings is 1. The van der Waals surface area contributed by atoms with E-state index in [1.54, 1.807) is 35.0 Å². The Morgan fingerprint density at radius 3 is 2.23 bits per heavy atom. The lowest BCUT2D eigenvalue weighted by Gasteiger charge is -2.36. The van der Waals surface area contributed by atoms with Crippen LogP contribution in [0, 0.1) is 0 Å². The molecule has 0 saturated carbocycles. The first-order valence-corrected chi connectivity index (χ1v) is 23.4. The number of nitrogens with zero attached hydrogens (tertiary/aromatic N) is 6. The van der Waals surface area contributed by atoms with Crippen LogP contribution in [0.15, 0.2) is 107 Å². The number of unbranched alkanes of at least 4 members (excludes halogenated alkanes) is 6. The fourth-order valence-corrected chi connectivity index (χ4v) is 9.18.